The number of allylic oxidation sites excluding steroid dienone is 8. The normalized spacial score (nSPS) is 16.8. The number of unbranched alkanes of at least 4 members (excludes halogenated alkanes) is 1. The second-order valence-corrected chi connectivity index (χ2v) is 8.06. The summed E-state index contributed by atoms with van der Waals surface area (Å²) in [6.45, 7) is 23.3. The van der Waals surface area contributed by atoms with E-state index in [1.165, 1.54) is 22.3 Å². The predicted molar refractivity (Wildman–Crippen MR) is 125 cm³/mol. The molecule has 0 aliphatic rings. The summed E-state index contributed by atoms with van der Waals surface area (Å²) in [5, 5.41) is 0. The molecule has 0 aliphatic carbocycles. The van der Waals surface area contributed by atoms with E-state index in [9.17, 15) is 0 Å². The van der Waals surface area contributed by atoms with Crippen LogP contribution in [0.2, 0.25) is 0 Å². The number of rotatable bonds is 12. The summed E-state index contributed by atoms with van der Waals surface area (Å²) in [5.74, 6) is 1.32. The first-order chi connectivity index (χ1) is 12.7. The van der Waals surface area contributed by atoms with Crippen molar-refractivity contribution in [3.8, 4) is 0 Å². The lowest BCUT2D eigenvalue weighted by Crippen LogP contribution is -2.09. The lowest BCUT2D eigenvalue weighted by atomic mass is 9.88. The van der Waals surface area contributed by atoms with Crippen LogP contribution in [-0.4, -0.2) is 0 Å². The fourth-order valence-corrected chi connectivity index (χ4v) is 2.98. The van der Waals surface area contributed by atoms with Crippen molar-refractivity contribution in [2.45, 2.75) is 74.1 Å². The molecule has 1 nitrogen and oxygen atoms in total. The molecule has 0 heterocycles. The average molecular weight is 370 g/mol. The van der Waals surface area contributed by atoms with E-state index in [0.717, 1.165) is 31.4 Å². The molecule has 27 heavy (non-hydrogen) atoms. The van der Waals surface area contributed by atoms with E-state index < -0.39 is 0 Å². The molecule has 0 amide bonds. The van der Waals surface area contributed by atoms with E-state index in [1.54, 1.807) is 0 Å². The Morgan fingerprint density at radius 3 is 2.11 bits per heavy atom. The maximum atomic E-state index is 6.61. The number of hydrogen-bond acceptors (Lipinski definition) is 1. The van der Waals surface area contributed by atoms with Crippen LogP contribution in [0.5, 0.6) is 0 Å². The lowest BCUT2D eigenvalue weighted by Gasteiger charge is -2.19. The van der Waals surface area contributed by atoms with Crippen molar-refractivity contribution in [2.24, 2.45) is 23.5 Å². The third kappa shape index (κ3) is 9.13. The third-order valence-corrected chi connectivity index (χ3v) is 5.22. The van der Waals surface area contributed by atoms with Gasteiger partial charge in [-0.3, -0.25) is 0 Å². The summed E-state index contributed by atoms with van der Waals surface area (Å²) in [6.07, 6.45) is 15.0. The fraction of sp³-hybridized carbons (Fsp3) is 0.538. The molecule has 0 bridgehead atoms. The Kier molecular flexibility index (Phi) is 12.5. The first-order valence-corrected chi connectivity index (χ1v) is 10.5. The number of hydrogen-bond donors (Lipinski definition) is 1. The minimum absolute atomic E-state index is 0.424. The van der Waals surface area contributed by atoms with Crippen molar-refractivity contribution in [2.75, 3.05) is 0 Å². The Balaban J connectivity index is 6.23. The molecular formula is C26H43N. The van der Waals surface area contributed by atoms with E-state index in [4.69, 9.17) is 5.73 Å². The maximum absolute atomic E-state index is 6.61. The second kappa shape index (κ2) is 13.4. The summed E-state index contributed by atoms with van der Waals surface area (Å²) in [4.78, 5) is 0. The Hall–Kier alpha value is -1.76. The van der Waals surface area contributed by atoms with Gasteiger partial charge in [-0.25, -0.2) is 0 Å². The van der Waals surface area contributed by atoms with Crippen LogP contribution in [0.1, 0.15) is 74.1 Å². The van der Waals surface area contributed by atoms with Gasteiger partial charge in [0.05, 0.1) is 0 Å². The van der Waals surface area contributed by atoms with Gasteiger partial charge < -0.3 is 5.73 Å². The van der Waals surface area contributed by atoms with Gasteiger partial charge >= 0.3 is 0 Å². The first-order valence-electron chi connectivity index (χ1n) is 10.5. The van der Waals surface area contributed by atoms with Gasteiger partial charge in [-0.15, -0.1) is 13.2 Å². The maximum Gasteiger partial charge on any atom is 0.0355 e. The van der Waals surface area contributed by atoms with Gasteiger partial charge in [-0.05, 0) is 62.9 Å². The van der Waals surface area contributed by atoms with Crippen molar-refractivity contribution in [3.63, 3.8) is 0 Å². The Morgan fingerprint density at radius 1 is 1.00 bits per heavy atom. The Bertz CT molecular complexity index is 596. The highest BCUT2D eigenvalue weighted by molar-refractivity contribution is 5.55. The van der Waals surface area contributed by atoms with Crippen LogP contribution in [0, 0.1) is 17.8 Å². The SMILES string of the molecule is C=CCCC/C(C)=C(C(/N)=C\C(C)C)\C(\C=C\C(C)C(C)C=C)=C(/C)CC. The highest BCUT2D eigenvalue weighted by Gasteiger charge is 2.14. The topological polar surface area (TPSA) is 26.0 Å². The van der Waals surface area contributed by atoms with Crippen LogP contribution >= 0.6 is 0 Å². The monoisotopic (exact) mass is 369 g/mol. The molecule has 0 radical (unpaired) electrons. The molecular weight excluding hydrogens is 326 g/mol. The molecule has 0 aliphatic heterocycles. The van der Waals surface area contributed by atoms with E-state index in [-0.39, 0.29) is 0 Å². The molecule has 0 saturated heterocycles. The van der Waals surface area contributed by atoms with E-state index in [0.29, 0.717) is 17.8 Å². The third-order valence-electron chi connectivity index (χ3n) is 5.22. The molecule has 152 valence electrons. The lowest BCUT2D eigenvalue weighted by molar-refractivity contribution is 0.559. The minimum atomic E-state index is 0.424. The van der Waals surface area contributed by atoms with Gasteiger partial charge in [0.15, 0.2) is 0 Å². The molecule has 2 N–H and O–H groups in total. The summed E-state index contributed by atoms with van der Waals surface area (Å²) in [5.41, 5.74) is 12.8. The largest absolute Gasteiger partial charge is 0.398 e. The summed E-state index contributed by atoms with van der Waals surface area (Å²) >= 11 is 0. The summed E-state index contributed by atoms with van der Waals surface area (Å²) in [6, 6.07) is 0. The zero-order valence-electron chi connectivity index (χ0n) is 18.9. The van der Waals surface area contributed by atoms with Gasteiger partial charge in [-0.1, -0.05) is 76.1 Å². The van der Waals surface area contributed by atoms with Gasteiger partial charge in [0, 0.05) is 11.3 Å². The molecule has 0 saturated carbocycles. The highest BCUT2D eigenvalue weighted by atomic mass is 14.6. The van der Waals surface area contributed by atoms with E-state index in [1.807, 2.05) is 12.2 Å². The summed E-state index contributed by atoms with van der Waals surface area (Å²) in [7, 11) is 0. The second-order valence-electron chi connectivity index (χ2n) is 8.06. The smallest absolute Gasteiger partial charge is 0.0355 e. The van der Waals surface area contributed by atoms with Crippen LogP contribution in [0.4, 0.5) is 0 Å². The van der Waals surface area contributed by atoms with E-state index in [2.05, 4.69) is 79.9 Å². The molecule has 0 aromatic rings. The predicted octanol–water partition coefficient (Wildman–Crippen LogP) is 7.90. The van der Waals surface area contributed by atoms with Crippen LogP contribution in [-0.2, 0) is 0 Å². The van der Waals surface area contributed by atoms with Gasteiger partial charge in [0.2, 0.25) is 0 Å². The van der Waals surface area contributed by atoms with Gasteiger partial charge in [0.1, 0.15) is 0 Å². The molecule has 0 rings (SSSR count). The molecule has 2 atom stereocenters. The Morgan fingerprint density at radius 2 is 1.63 bits per heavy atom. The standard InChI is InChI=1S/C26H43N/c1-10-13-14-15-23(9)26(25(27)18-19(4)5)24(21(7)12-3)17-16-22(8)20(6)11-2/h10-11,16-20,22H,1-2,12-15,27H2,3-9H3/b17-16+,24-21+,25-18+,26-23+. The van der Waals surface area contributed by atoms with Crippen molar-refractivity contribution in [1.29, 1.82) is 0 Å². The average Bonchev–Trinajstić information content (AvgIpc) is 2.62. The molecule has 2 unspecified atom stereocenters. The summed E-state index contributed by atoms with van der Waals surface area (Å²) < 4.78 is 0. The molecule has 0 spiro atoms. The molecule has 0 aromatic carbocycles. The van der Waals surface area contributed by atoms with Crippen LogP contribution < -0.4 is 5.73 Å². The highest BCUT2D eigenvalue weighted by Crippen LogP contribution is 2.30. The zero-order valence-corrected chi connectivity index (χ0v) is 18.9. The minimum Gasteiger partial charge on any atom is -0.398 e. The van der Waals surface area contributed by atoms with Gasteiger partial charge in [0.25, 0.3) is 0 Å². The number of nitrogens with two attached hydrogens (primary N) is 1. The van der Waals surface area contributed by atoms with Crippen molar-refractivity contribution < 1.29 is 0 Å². The fourth-order valence-electron chi connectivity index (χ4n) is 2.98. The zero-order chi connectivity index (χ0) is 21.0. The van der Waals surface area contributed by atoms with Crippen molar-refractivity contribution in [3.05, 3.63) is 71.5 Å². The molecule has 1 heteroatoms. The van der Waals surface area contributed by atoms with E-state index >= 15 is 0 Å². The van der Waals surface area contributed by atoms with Gasteiger partial charge in [-0.2, -0.15) is 0 Å². The Labute approximate surface area is 169 Å². The van der Waals surface area contributed by atoms with Crippen molar-refractivity contribution in [1.82, 2.24) is 0 Å². The van der Waals surface area contributed by atoms with Crippen LogP contribution in [0.3, 0.4) is 0 Å². The van der Waals surface area contributed by atoms with Crippen molar-refractivity contribution >= 4 is 0 Å². The molecule has 0 fully saturated rings. The molecule has 0 aromatic heterocycles. The quantitative estimate of drug-likeness (QED) is 0.211. The first kappa shape index (κ1) is 25.2. The van der Waals surface area contributed by atoms with Crippen LogP contribution in [0.25, 0.3) is 0 Å². The van der Waals surface area contributed by atoms with Crippen LogP contribution in [0.15, 0.2) is 71.5 Å².